The predicted octanol–water partition coefficient (Wildman–Crippen LogP) is 3.27. The zero-order valence-electron chi connectivity index (χ0n) is 18.7. The van der Waals surface area contributed by atoms with E-state index in [1.54, 1.807) is 19.0 Å². The van der Waals surface area contributed by atoms with Gasteiger partial charge < -0.3 is 19.9 Å². The number of hydrogen-bond donors (Lipinski definition) is 1. The minimum atomic E-state index is 0.0525. The quantitative estimate of drug-likeness (QED) is 0.521. The molecule has 6 nitrogen and oxygen atoms in total. The lowest BCUT2D eigenvalue weighted by atomic mass is 9.89. The van der Waals surface area contributed by atoms with E-state index >= 15 is 0 Å². The Labute approximate surface area is 177 Å². The van der Waals surface area contributed by atoms with Crippen molar-refractivity contribution >= 4 is 11.9 Å². The molecule has 6 heteroatoms. The van der Waals surface area contributed by atoms with Crippen LogP contribution in [0.25, 0.3) is 0 Å². The highest BCUT2D eigenvalue weighted by Gasteiger charge is 2.25. The molecular formula is C23H42N4O2. The normalized spacial score (nSPS) is 22.8. The number of guanidine groups is 1. The fourth-order valence-corrected chi connectivity index (χ4v) is 4.86. The van der Waals surface area contributed by atoms with Crippen molar-refractivity contribution in [3.8, 4) is 0 Å². The summed E-state index contributed by atoms with van der Waals surface area (Å²) in [6, 6.07) is 0. The van der Waals surface area contributed by atoms with E-state index in [1.807, 2.05) is 0 Å². The van der Waals surface area contributed by atoms with Crippen molar-refractivity contribution in [1.29, 1.82) is 0 Å². The lowest BCUT2D eigenvalue weighted by molar-refractivity contribution is -0.127. The van der Waals surface area contributed by atoms with E-state index in [2.05, 4.69) is 15.2 Å². The number of likely N-dealkylation sites (N-methyl/N-ethyl adjacent to an activating group) is 1. The first kappa shape index (κ1) is 22.4. The van der Waals surface area contributed by atoms with Gasteiger partial charge in [-0.05, 0) is 50.4 Å². The lowest BCUT2D eigenvalue weighted by Gasteiger charge is -2.35. The molecule has 1 N–H and O–H groups in total. The van der Waals surface area contributed by atoms with Crippen molar-refractivity contribution in [2.75, 3.05) is 46.9 Å². The molecule has 0 aromatic carbocycles. The van der Waals surface area contributed by atoms with E-state index in [0.29, 0.717) is 6.10 Å². The summed E-state index contributed by atoms with van der Waals surface area (Å²) in [5, 5.41) is 3.61. The van der Waals surface area contributed by atoms with Crippen molar-refractivity contribution in [1.82, 2.24) is 15.1 Å². The number of aliphatic imine (C=N–C) groups is 1. The van der Waals surface area contributed by atoms with Crippen LogP contribution in [-0.2, 0) is 9.53 Å². The van der Waals surface area contributed by atoms with E-state index < -0.39 is 0 Å². The molecule has 0 aromatic rings. The molecule has 1 amide bonds. The molecule has 3 aliphatic rings. The van der Waals surface area contributed by atoms with Crippen molar-refractivity contribution in [3.05, 3.63) is 0 Å². The zero-order valence-corrected chi connectivity index (χ0v) is 18.7. The molecule has 2 saturated carbocycles. The standard InChI is InChI=1S/C23H42N4O2/c1-26(2)22(28)17-25-23(24-16-19-8-4-3-5-9-19)27-14-12-21(13-15-27)29-18-20-10-6-7-11-20/h19-21H,3-18H2,1-2H3,(H,24,25). The third-order valence-electron chi connectivity index (χ3n) is 6.92. The molecular weight excluding hydrogens is 364 g/mol. The summed E-state index contributed by atoms with van der Waals surface area (Å²) < 4.78 is 6.23. The summed E-state index contributed by atoms with van der Waals surface area (Å²) in [5.41, 5.74) is 0. The Morgan fingerprint density at radius 1 is 0.966 bits per heavy atom. The van der Waals surface area contributed by atoms with Gasteiger partial charge in [-0.3, -0.25) is 4.79 Å². The Balaban J connectivity index is 1.48. The Kier molecular flexibility index (Phi) is 9.09. The van der Waals surface area contributed by atoms with Crippen LogP contribution in [-0.4, -0.2) is 74.7 Å². The second-order valence-corrected chi connectivity index (χ2v) is 9.48. The van der Waals surface area contributed by atoms with Crippen LogP contribution in [0.1, 0.15) is 70.6 Å². The Bertz CT molecular complexity index is 517. The van der Waals surface area contributed by atoms with Gasteiger partial charge in [0, 0.05) is 40.3 Å². The highest BCUT2D eigenvalue weighted by Crippen LogP contribution is 2.26. The Hall–Kier alpha value is -1.30. The summed E-state index contributed by atoms with van der Waals surface area (Å²) in [6.07, 6.45) is 14.6. The van der Waals surface area contributed by atoms with Crippen molar-refractivity contribution in [3.63, 3.8) is 0 Å². The fraction of sp³-hybridized carbons (Fsp3) is 0.913. The number of piperidine rings is 1. The van der Waals surface area contributed by atoms with Crippen LogP contribution in [0.5, 0.6) is 0 Å². The van der Waals surface area contributed by atoms with Crippen LogP contribution in [0, 0.1) is 11.8 Å². The van der Waals surface area contributed by atoms with E-state index in [0.717, 1.165) is 56.9 Å². The molecule has 0 aromatic heterocycles. The molecule has 0 radical (unpaired) electrons. The van der Waals surface area contributed by atoms with Gasteiger partial charge in [0.2, 0.25) is 5.91 Å². The van der Waals surface area contributed by atoms with Gasteiger partial charge in [0.25, 0.3) is 0 Å². The van der Waals surface area contributed by atoms with Crippen molar-refractivity contribution in [2.45, 2.75) is 76.7 Å². The van der Waals surface area contributed by atoms with Gasteiger partial charge >= 0.3 is 0 Å². The minimum absolute atomic E-state index is 0.0525. The second kappa shape index (κ2) is 11.8. The average Bonchev–Trinajstić information content (AvgIpc) is 3.27. The average molecular weight is 407 g/mol. The molecule has 166 valence electrons. The van der Waals surface area contributed by atoms with Gasteiger partial charge in [0.15, 0.2) is 5.96 Å². The first-order valence-electron chi connectivity index (χ1n) is 12.0. The van der Waals surface area contributed by atoms with Crippen LogP contribution in [0.3, 0.4) is 0 Å². The summed E-state index contributed by atoms with van der Waals surface area (Å²) in [4.78, 5) is 20.7. The lowest BCUT2D eigenvalue weighted by Crippen LogP contribution is -2.48. The summed E-state index contributed by atoms with van der Waals surface area (Å²) in [5.74, 6) is 2.50. The first-order valence-corrected chi connectivity index (χ1v) is 12.0. The summed E-state index contributed by atoms with van der Waals surface area (Å²) >= 11 is 0. The van der Waals surface area contributed by atoms with E-state index in [9.17, 15) is 4.79 Å². The van der Waals surface area contributed by atoms with Gasteiger partial charge in [0.05, 0.1) is 6.10 Å². The molecule has 2 aliphatic carbocycles. The van der Waals surface area contributed by atoms with Crippen LogP contribution in [0.2, 0.25) is 0 Å². The predicted molar refractivity (Wildman–Crippen MR) is 118 cm³/mol. The zero-order chi connectivity index (χ0) is 20.5. The third kappa shape index (κ3) is 7.47. The van der Waals surface area contributed by atoms with Crippen LogP contribution in [0.4, 0.5) is 0 Å². The molecule has 0 bridgehead atoms. The number of rotatable bonds is 7. The van der Waals surface area contributed by atoms with Gasteiger partial charge in [-0.15, -0.1) is 0 Å². The highest BCUT2D eigenvalue weighted by molar-refractivity contribution is 5.84. The fourth-order valence-electron chi connectivity index (χ4n) is 4.86. The number of likely N-dealkylation sites (tertiary alicyclic amines) is 1. The van der Waals surface area contributed by atoms with Crippen LogP contribution < -0.4 is 5.32 Å². The monoisotopic (exact) mass is 406 g/mol. The molecule has 0 unspecified atom stereocenters. The summed E-state index contributed by atoms with van der Waals surface area (Å²) in [7, 11) is 3.58. The third-order valence-corrected chi connectivity index (χ3v) is 6.92. The summed E-state index contributed by atoms with van der Waals surface area (Å²) in [6.45, 7) is 4.07. The van der Waals surface area contributed by atoms with Crippen LogP contribution in [0.15, 0.2) is 4.99 Å². The topological polar surface area (TPSA) is 57.2 Å². The molecule has 1 heterocycles. The number of hydrogen-bond acceptors (Lipinski definition) is 3. The van der Waals surface area contributed by atoms with Crippen molar-refractivity contribution in [2.24, 2.45) is 16.8 Å². The van der Waals surface area contributed by atoms with Gasteiger partial charge in [-0.25, -0.2) is 4.99 Å². The van der Waals surface area contributed by atoms with E-state index in [4.69, 9.17) is 4.74 Å². The molecule has 3 fully saturated rings. The van der Waals surface area contributed by atoms with Gasteiger partial charge in [-0.1, -0.05) is 32.1 Å². The smallest absolute Gasteiger partial charge is 0.243 e. The molecule has 1 saturated heterocycles. The highest BCUT2D eigenvalue weighted by atomic mass is 16.5. The first-order chi connectivity index (χ1) is 14.1. The number of carbonyl (C=O) groups is 1. The Morgan fingerprint density at radius 3 is 2.24 bits per heavy atom. The number of ether oxygens (including phenoxy) is 1. The van der Waals surface area contributed by atoms with Gasteiger partial charge in [0.1, 0.15) is 6.54 Å². The molecule has 0 spiro atoms. The maximum atomic E-state index is 12.1. The van der Waals surface area contributed by atoms with Crippen LogP contribution >= 0.6 is 0 Å². The van der Waals surface area contributed by atoms with E-state index in [-0.39, 0.29) is 12.5 Å². The maximum absolute atomic E-state index is 12.1. The molecule has 29 heavy (non-hydrogen) atoms. The molecule has 3 rings (SSSR count). The number of nitrogens with one attached hydrogen (secondary N) is 1. The largest absolute Gasteiger partial charge is 0.378 e. The SMILES string of the molecule is CN(C)C(=O)CN=C(NCC1CCCCC1)N1CCC(OCC2CCCC2)CC1. The maximum Gasteiger partial charge on any atom is 0.243 e. The number of amides is 1. The minimum Gasteiger partial charge on any atom is -0.378 e. The molecule has 0 atom stereocenters. The van der Waals surface area contributed by atoms with Gasteiger partial charge in [-0.2, -0.15) is 0 Å². The number of carbonyl (C=O) groups excluding carboxylic acids is 1. The van der Waals surface area contributed by atoms with E-state index in [1.165, 1.54) is 57.8 Å². The second-order valence-electron chi connectivity index (χ2n) is 9.48. The Morgan fingerprint density at radius 2 is 1.59 bits per heavy atom. The number of nitrogens with zero attached hydrogens (tertiary/aromatic N) is 3. The molecule has 1 aliphatic heterocycles. The van der Waals surface area contributed by atoms with Crippen molar-refractivity contribution < 1.29 is 9.53 Å².